The fourth-order valence-corrected chi connectivity index (χ4v) is 0.290. The van der Waals surface area contributed by atoms with Crippen molar-refractivity contribution in [3.8, 4) is 0 Å². The molecule has 0 atom stereocenters. The lowest BCUT2D eigenvalue weighted by Gasteiger charge is -2.09. The lowest BCUT2D eigenvalue weighted by Crippen LogP contribution is -2.23. The third-order valence-electron chi connectivity index (χ3n) is 0.628. The van der Waals surface area contributed by atoms with Crippen LogP contribution in [0.1, 0.15) is 20.8 Å². The van der Waals surface area contributed by atoms with Gasteiger partial charge >= 0.3 is 0 Å². The summed E-state index contributed by atoms with van der Waals surface area (Å²) in [6.07, 6.45) is 1.85. The molecule has 2 N–H and O–H groups in total. The maximum atomic E-state index is 3.88. The van der Waals surface area contributed by atoms with Gasteiger partial charge in [0.1, 0.15) is 0 Å². The summed E-state index contributed by atoms with van der Waals surface area (Å²) in [4.78, 5) is 0. The first kappa shape index (κ1) is 8.43. The highest BCUT2D eigenvalue weighted by molar-refractivity contribution is 5.63. The zero-order valence-electron chi connectivity index (χ0n) is 6.52. The number of hydrogen-bond acceptors (Lipinski definition) is 3. The summed E-state index contributed by atoms with van der Waals surface area (Å²) in [6, 6.07) is 0. The highest BCUT2D eigenvalue weighted by atomic mass is 15.5. The number of hydrazine groups is 1. The normalized spacial score (nSPS) is 12.4. The largest absolute Gasteiger partial charge is 0.244 e. The van der Waals surface area contributed by atoms with Crippen molar-refractivity contribution >= 4 is 6.21 Å². The Balaban J connectivity index is 3.45. The fourth-order valence-electron chi connectivity index (χ4n) is 0.290. The molecule has 54 valence electrons. The third kappa shape index (κ3) is 7.43. The molecule has 0 fully saturated rings. The summed E-state index contributed by atoms with van der Waals surface area (Å²) in [5.41, 5.74) is 5.47. The van der Waals surface area contributed by atoms with Gasteiger partial charge in [0, 0.05) is 13.3 Å². The summed E-state index contributed by atoms with van der Waals surface area (Å²) in [6.45, 7) is 6.27. The molecule has 0 aromatic rings. The fraction of sp³-hybridized carbons (Fsp3) is 0.833. The Hall–Kier alpha value is -0.570. The molecule has 0 amide bonds. The lowest BCUT2D eigenvalue weighted by molar-refractivity contribution is 0.577. The molecule has 0 bridgehead atoms. The van der Waals surface area contributed by atoms with Crippen LogP contribution in [0.3, 0.4) is 0 Å². The van der Waals surface area contributed by atoms with Crippen LogP contribution in [-0.4, -0.2) is 13.3 Å². The van der Waals surface area contributed by atoms with Crippen LogP contribution in [0.4, 0.5) is 0 Å². The van der Waals surface area contributed by atoms with Crippen LogP contribution in [0.15, 0.2) is 5.10 Å². The zero-order chi connectivity index (χ0) is 7.33. The molecule has 9 heavy (non-hydrogen) atoms. The van der Waals surface area contributed by atoms with Crippen LogP contribution in [-0.2, 0) is 0 Å². The summed E-state index contributed by atoms with van der Waals surface area (Å²) < 4.78 is 0. The molecular weight excluding hydrogens is 114 g/mol. The maximum absolute atomic E-state index is 3.88. The van der Waals surface area contributed by atoms with Gasteiger partial charge in [-0.25, -0.2) is 11.0 Å². The van der Waals surface area contributed by atoms with Gasteiger partial charge < -0.3 is 0 Å². The number of nitrogens with one attached hydrogen (secondary N) is 2. The lowest BCUT2D eigenvalue weighted by atomic mass is 9.99. The monoisotopic (exact) mass is 129 g/mol. The maximum Gasteiger partial charge on any atom is 0.0311 e. The summed E-state index contributed by atoms with van der Waals surface area (Å²) >= 11 is 0. The van der Waals surface area contributed by atoms with Crippen molar-refractivity contribution in [3.63, 3.8) is 0 Å². The number of nitrogens with zero attached hydrogens (tertiary/aromatic N) is 1. The average Bonchev–Trinajstić information content (AvgIpc) is 1.63. The Labute approximate surface area is 56.5 Å². The topological polar surface area (TPSA) is 36.4 Å². The molecule has 0 saturated carbocycles. The van der Waals surface area contributed by atoms with E-state index in [-0.39, 0.29) is 5.41 Å². The van der Waals surface area contributed by atoms with Crippen LogP contribution >= 0.6 is 0 Å². The Morgan fingerprint density at radius 2 is 1.89 bits per heavy atom. The minimum Gasteiger partial charge on any atom is -0.244 e. The minimum absolute atomic E-state index is 0.157. The molecule has 0 saturated heterocycles. The van der Waals surface area contributed by atoms with Crippen molar-refractivity contribution < 1.29 is 0 Å². The van der Waals surface area contributed by atoms with E-state index >= 15 is 0 Å². The zero-order valence-corrected chi connectivity index (χ0v) is 6.52. The van der Waals surface area contributed by atoms with Crippen molar-refractivity contribution in [3.05, 3.63) is 0 Å². The SMILES string of the molecule is CNNN=CC(C)(C)C. The molecule has 0 aliphatic heterocycles. The Kier molecular flexibility index (Phi) is 3.24. The molecule has 0 aromatic heterocycles. The minimum atomic E-state index is 0.157. The van der Waals surface area contributed by atoms with E-state index in [2.05, 4.69) is 36.8 Å². The quantitative estimate of drug-likeness (QED) is 0.426. The molecule has 3 nitrogen and oxygen atoms in total. The third-order valence-corrected chi connectivity index (χ3v) is 0.628. The van der Waals surface area contributed by atoms with Crippen LogP contribution in [0.25, 0.3) is 0 Å². The van der Waals surface area contributed by atoms with Crippen LogP contribution < -0.4 is 11.0 Å². The van der Waals surface area contributed by atoms with Crippen molar-refractivity contribution in [1.82, 2.24) is 11.0 Å². The second-order valence-corrected chi connectivity index (χ2v) is 2.99. The van der Waals surface area contributed by atoms with Gasteiger partial charge in [-0.15, -0.1) is 0 Å². The summed E-state index contributed by atoms with van der Waals surface area (Å²) in [5.74, 6) is 0. The van der Waals surface area contributed by atoms with Crippen LogP contribution in [0, 0.1) is 5.41 Å². The average molecular weight is 129 g/mol. The van der Waals surface area contributed by atoms with Crippen LogP contribution in [0.2, 0.25) is 0 Å². The van der Waals surface area contributed by atoms with E-state index in [1.54, 1.807) is 7.05 Å². The smallest absolute Gasteiger partial charge is 0.0311 e. The standard InChI is InChI=1S/C6H15N3/c1-6(2,3)5-8-9-7-4/h5,7,9H,1-4H3. The Morgan fingerprint density at radius 1 is 1.33 bits per heavy atom. The first-order valence-electron chi connectivity index (χ1n) is 3.02. The molecule has 0 radical (unpaired) electrons. The second kappa shape index (κ2) is 3.45. The number of rotatable bonds is 2. The van der Waals surface area contributed by atoms with E-state index in [4.69, 9.17) is 0 Å². The molecule has 0 aliphatic carbocycles. The highest BCUT2D eigenvalue weighted by Gasteiger charge is 2.03. The molecule has 0 rings (SSSR count). The van der Waals surface area contributed by atoms with Gasteiger partial charge in [-0.05, 0) is 5.41 Å². The van der Waals surface area contributed by atoms with Gasteiger partial charge in [-0.2, -0.15) is 5.10 Å². The Morgan fingerprint density at radius 3 is 2.22 bits per heavy atom. The molecule has 3 heteroatoms. The van der Waals surface area contributed by atoms with Gasteiger partial charge in [-0.3, -0.25) is 0 Å². The van der Waals surface area contributed by atoms with Crippen molar-refractivity contribution in [2.75, 3.05) is 7.05 Å². The molecule has 0 heterocycles. The molecule has 0 unspecified atom stereocenters. The van der Waals surface area contributed by atoms with E-state index < -0.39 is 0 Å². The first-order chi connectivity index (χ1) is 4.06. The predicted octanol–water partition coefficient (Wildman–Crippen LogP) is 0.742. The van der Waals surface area contributed by atoms with Crippen LogP contribution in [0.5, 0.6) is 0 Å². The number of hydrazone groups is 1. The van der Waals surface area contributed by atoms with Gasteiger partial charge in [-0.1, -0.05) is 20.8 Å². The van der Waals surface area contributed by atoms with E-state index in [0.29, 0.717) is 0 Å². The van der Waals surface area contributed by atoms with E-state index in [9.17, 15) is 0 Å². The Bertz CT molecular complexity index is 91.0. The van der Waals surface area contributed by atoms with Gasteiger partial charge in [0.15, 0.2) is 0 Å². The summed E-state index contributed by atoms with van der Waals surface area (Å²) in [7, 11) is 1.78. The van der Waals surface area contributed by atoms with Gasteiger partial charge in [0.25, 0.3) is 0 Å². The highest BCUT2D eigenvalue weighted by Crippen LogP contribution is 2.07. The van der Waals surface area contributed by atoms with E-state index in [0.717, 1.165) is 0 Å². The second-order valence-electron chi connectivity index (χ2n) is 2.99. The summed E-state index contributed by atoms with van der Waals surface area (Å²) in [5, 5.41) is 3.88. The van der Waals surface area contributed by atoms with Gasteiger partial charge in [0.2, 0.25) is 0 Å². The number of hydrogen-bond donors (Lipinski definition) is 2. The van der Waals surface area contributed by atoms with E-state index in [1.165, 1.54) is 0 Å². The molecule has 0 spiro atoms. The predicted molar refractivity (Wildman–Crippen MR) is 40.1 cm³/mol. The van der Waals surface area contributed by atoms with Crippen molar-refractivity contribution in [1.29, 1.82) is 0 Å². The van der Waals surface area contributed by atoms with Crippen molar-refractivity contribution in [2.45, 2.75) is 20.8 Å². The van der Waals surface area contributed by atoms with E-state index in [1.807, 2.05) is 6.21 Å². The molecule has 0 aromatic carbocycles. The first-order valence-corrected chi connectivity index (χ1v) is 3.02. The molecular formula is C6H15N3. The van der Waals surface area contributed by atoms with Crippen molar-refractivity contribution in [2.24, 2.45) is 10.5 Å². The van der Waals surface area contributed by atoms with Gasteiger partial charge in [0.05, 0.1) is 0 Å². The molecule has 0 aliphatic rings.